The number of halogens is 1. The van der Waals surface area contributed by atoms with Crippen molar-refractivity contribution in [2.75, 3.05) is 4.90 Å². The van der Waals surface area contributed by atoms with Gasteiger partial charge in [0.2, 0.25) is 6.10 Å². The molecule has 0 bridgehead atoms. The quantitative estimate of drug-likeness (QED) is 0.286. The number of carbonyl (C=O) groups excluding carboxylic acids is 1. The van der Waals surface area contributed by atoms with Gasteiger partial charge in [-0.05, 0) is 53.9 Å². The molecule has 2 aliphatic heterocycles. The highest BCUT2D eigenvalue weighted by Crippen LogP contribution is 2.59. The van der Waals surface area contributed by atoms with E-state index in [1.165, 1.54) is 5.56 Å². The molecule has 0 spiro atoms. The van der Waals surface area contributed by atoms with Gasteiger partial charge in [-0.15, -0.1) is 11.8 Å². The molecular weight excluding hydrogens is 462 g/mol. The molecule has 0 aliphatic carbocycles. The summed E-state index contributed by atoms with van der Waals surface area (Å²) >= 11 is 8.08. The van der Waals surface area contributed by atoms with Crippen molar-refractivity contribution in [2.45, 2.75) is 28.2 Å². The Morgan fingerprint density at radius 3 is 2.21 bits per heavy atom. The number of β-lactam (4-membered cyclic amide) rings is 1. The van der Waals surface area contributed by atoms with E-state index < -0.39 is 11.6 Å². The van der Waals surface area contributed by atoms with Crippen LogP contribution < -0.4 is 9.64 Å². The van der Waals surface area contributed by atoms with Gasteiger partial charge in [0.15, 0.2) is 0 Å². The molecule has 4 aromatic carbocycles. The molecule has 0 unspecified atom stereocenters. The fraction of sp³-hybridized carbons (Fsp3) is 0.138. The van der Waals surface area contributed by atoms with Crippen LogP contribution in [-0.2, 0) is 10.3 Å². The Labute approximate surface area is 208 Å². The molecule has 6 rings (SSSR count). The van der Waals surface area contributed by atoms with E-state index in [9.17, 15) is 4.79 Å². The van der Waals surface area contributed by atoms with E-state index in [2.05, 4.69) is 30.3 Å². The molecule has 1 amide bonds. The minimum absolute atomic E-state index is 0.0273. The van der Waals surface area contributed by atoms with Crippen LogP contribution in [0.25, 0.3) is 0 Å². The van der Waals surface area contributed by atoms with Gasteiger partial charge in [0.1, 0.15) is 11.3 Å². The standard InChI is InChI=1S/C29H22ClNO2S/c30-22-17-15-21(16-18-22)29-19-26(20-9-3-1-4-10-20)34-25-14-8-7-13-24(25)31(29)28(32)27(29)33-23-11-5-2-6-12-23/h1-18,26-27H,19H2/t26-,27+,29-/m1/s1. The molecule has 3 nitrogen and oxygen atoms in total. The van der Waals surface area contributed by atoms with Crippen LogP contribution in [0.2, 0.25) is 5.02 Å². The van der Waals surface area contributed by atoms with Crippen molar-refractivity contribution in [2.24, 2.45) is 0 Å². The average molecular weight is 484 g/mol. The summed E-state index contributed by atoms with van der Waals surface area (Å²) in [5.41, 5.74) is 2.52. The average Bonchev–Trinajstić information content (AvgIpc) is 3.02. The Balaban J connectivity index is 1.55. The number of amides is 1. The van der Waals surface area contributed by atoms with Crippen LogP contribution in [0.5, 0.6) is 5.75 Å². The van der Waals surface area contributed by atoms with Gasteiger partial charge in [0, 0.05) is 15.2 Å². The summed E-state index contributed by atoms with van der Waals surface area (Å²) in [4.78, 5) is 16.8. The lowest BCUT2D eigenvalue weighted by molar-refractivity contribution is -0.142. The van der Waals surface area contributed by atoms with Crippen molar-refractivity contribution in [1.82, 2.24) is 0 Å². The lowest BCUT2D eigenvalue weighted by atomic mass is 9.70. The summed E-state index contributed by atoms with van der Waals surface area (Å²) in [5, 5.41) is 0.805. The molecule has 0 aromatic heterocycles. The van der Waals surface area contributed by atoms with Crippen LogP contribution in [0, 0.1) is 0 Å². The third-order valence-corrected chi connectivity index (χ3v) is 8.24. The molecule has 168 valence electrons. The molecule has 0 radical (unpaired) electrons. The first kappa shape index (κ1) is 21.3. The smallest absolute Gasteiger partial charge is 0.271 e. The molecule has 3 atom stereocenters. The summed E-state index contributed by atoms with van der Waals surface area (Å²) in [7, 11) is 0. The number of rotatable bonds is 4. The first-order valence-corrected chi connectivity index (χ1v) is 12.5. The second kappa shape index (κ2) is 8.53. The Bertz CT molecular complexity index is 1330. The number of hydrogen-bond donors (Lipinski definition) is 0. The zero-order valence-electron chi connectivity index (χ0n) is 18.3. The Morgan fingerprint density at radius 2 is 1.47 bits per heavy atom. The number of nitrogens with zero attached hydrogens (tertiary/aromatic N) is 1. The van der Waals surface area contributed by atoms with Crippen LogP contribution in [0.4, 0.5) is 5.69 Å². The molecule has 4 aromatic rings. The fourth-order valence-electron chi connectivity index (χ4n) is 5.09. The van der Waals surface area contributed by atoms with Gasteiger partial charge < -0.3 is 4.74 Å². The SMILES string of the molecule is O=C1[C@H](Oc2ccccc2)[C@]2(c3ccc(Cl)cc3)C[C@H](c3ccccc3)Sc3ccccc3N12. The van der Waals surface area contributed by atoms with Gasteiger partial charge in [-0.25, -0.2) is 0 Å². The van der Waals surface area contributed by atoms with E-state index in [4.69, 9.17) is 16.3 Å². The van der Waals surface area contributed by atoms with E-state index in [-0.39, 0.29) is 11.2 Å². The molecule has 1 saturated heterocycles. The highest BCUT2D eigenvalue weighted by Gasteiger charge is 2.65. The normalized spacial score (nSPS) is 23.3. The van der Waals surface area contributed by atoms with Gasteiger partial charge in [0.05, 0.1) is 5.69 Å². The van der Waals surface area contributed by atoms with E-state index >= 15 is 0 Å². The highest BCUT2D eigenvalue weighted by atomic mass is 35.5. The van der Waals surface area contributed by atoms with Crippen LogP contribution in [0.1, 0.15) is 22.8 Å². The highest BCUT2D eigenvalue weighted by molar-refractivity contribution is 7.99. The predicted octanol–water partition coefficient (Wildman–Crippen LogP) is 7.27. The largest absolute Gasteiger partial charge is 0.478 e. The summed E-state index contributed by atoms with van der Waals surface area (Å²) in [6.45, 7) is 0. The third-order valence-electron chi connectivity index (χ3n) is 6.66. The number of thioether (sulfide) groups is 1. The maximum atomic E-state index is 13.8. The van der Waals surface area contributed by atoms with Crippen LogP contribution in [0.15, 0.2) is 114 Å². The van der Waals surface area contributed by atoms with Crippen molar-refractivity contribution in [3.63, 3.8) is 0 Å². The van der Waals surface area contributed by atoms with Gasteiger partial charge in [-0.3, -0.25) is 9.69 Å². The van der Waals surface area contributed by atoms with Crippen molar-refractivity contribution in [3.8, 4) is 5.75 Å². The third kappa shape index (κ3) is 3.41. The van der Waals surface area contributed by atoms with E-state index in [1.54, 1.807) is 0 Å². The van der Waals surface area contributed by atoms with Crippen molar-refractivity contribution < 1.29 is 9.53 Å². The summed E-state index contributed by atoms with van der Waals surface area (Å²) in [5.74, 6) is 0.663. The Kier molecular flexibility index (Phi) is 5.35. The second-order valence-corrected chi connectivity index (χ2v) is 10.3. The van der Waals surface area contributed by atoms with E-state index in [1.807, 2.05) is 95.5 Å². The molecule has 0 saturated carbocycles. The zero-order valence-corrected chi connectivity index (χ0v) is 19.9. The van der Waals surface area contributed by atoms with Gasteiger partial charge in [0.25, 0.3) is 5.91 Å². The number of benzene rings is 4. The minimum Gasteiger partial charge on any atom is -0.478 e. The van der Waals surface area contributed by atoms with Crippen molar-refractivity contribution >= 4 is 35.0 Å². The number of fused-ring (bicyclic) bond motifs is 3. The van der Waals surface area contributed by atoms with Crippen LogP contribution in [0.3, 0.4) is 0 Å². The molecule has 2 heterocycles. The summed E-state index contributed by atoms with van der Waals surface area (Å²) < 4.78 is 6.44. The van der Waals surface area contributed by atoms with Crippen LogP contribution >= 0.6 is 23.4 Å². The van der Waals surface area contributed by atoms with Crippen molar-refractivity contribution in [1.29, 1.82) is 0 Å². The molecule has 34 heavy (non-hydrogen) atoms. The predicted molar refractivity (Wildman–Crippen MR) is 138 cm³/mol. The molecule has 5 heteroatoms. The maximum absolute atomic E-state index is 13.8. The Hall–Kier alpha value is -3.21. The first-order valence-electron chi connectivity index (χ1n) is 11.3. The number of para-hydroxylation sites is 2. The minimum atomic E-state index is -0.669. The van der Waals surface area contributed by atoms with Gasteiger partial charge >= 0.3 is 0 Å². The number of carbonyl (C=O) groups is 1. The van der Waals surface area contributed by atoms with E-state index in [0.717, 1.165) is 16.1 Å². The Morgan fingerprint density at radius 1 is 0.824 bits per heavy atom. The van der Waals surface area contributed by atoms with Crippen LogP contribution in [-0.4, -0.2) is 12.0 Å². The second-order valence-electron chi connectivity index (χ2n) is 8.60. The lowest BCUT2D eigenvalue weighted by Crippen LogP contribution is -2.74. The number of anilines is 1. The fourth-order valence-corrected chi connectivity index (χ4v) is 6.59. The summed E-state index contributed by atoms with van der Waals surface area (Å²) in [6, 6.07) is 36.1. The number of hydrogen-bond acceptors (Lipinski definition) is 3. The van der Waals surface area contributed by atoms with Gasteiger partial charge in [-0.1, -0.05) is 84.4 Å². The lowest BCUT2D eigenvalue weighted by Gasteiger charge is -2.57. The molecule has 0 N–H and O–H groups in total. The van der Waals surface area contributed by atoms with Gasteiger partial charge in [-0.2, -0.15) is 0 Å². The molecule has 1 fully saturated rings. The molecule has 2 aliphatic rings. The summed E-state index contributed by atoms with van der Waals surface area (Å²) in [6.07, 6.45) is 0.0652. The monoisotopic (exact) mass is 483 g/mol. The van der Waals surface area contributed by atoms with Crippen molar-refractivity contribution in [3.05, 3.63) is 125 Å². The molecular formula is C29H22ClNO2S. The zero-order chi connectivity index (χ0) is 23.1. The maximum Gasteiger partial charge on any atom is 0.271 e. The topological polar surface area (TPSA) is 29.5 Å². The first-order chi connectivity index (χ1) is 16.7. The number of ether oxygens (including phenoxy) is 1. The van der Waals surface area contributed by atoms with E-state index in [0.29, 0.717) is 17.2 Å².